The predicted octanol–water partition coefficient (Wildman–Crippen LogP) is 2.23. The first-order chi connectivity index (χ1) is 6.98. The fourth-order valence-electron chi connectivity index (χ4n) is 2.99. The lowest BCUT2D eigenvalue weighted by molar-refractivity contribution is 0.122. The van der Waals surface area contributed by atoms with Crippen LogP contribution < -0.4 is 5.73 Å². The summed E-state index contributed by atoms with van der Waals surface area (Å²) in [5, 5.41) is 0. The smallest absolute Gasteiger partial charge is 0.00934 e. The van der Waals surface area contributed by atoms with Crippen LogP contribution >= 0.6 is 0 Å². The van der Waals surface area contributed by atoms with E-state index in [0.29, 0.717) is 11.5 Å². The molecule has 0 aromatic rings. The van der Waals surface area contributed by atoms with Crippen molar-refractivity contribution in [1.29, 1.82) is 0 Å². The summed E-state index contributed by atoms with van der Waals surface area (Å²) in [6.07, 6.45) is 6.64. The molecule has 0 amide bonds. The first-order valence-electron chi connectivity index (χ1n) is 6.44. The van der Waals surface area contributed by atoms with Gasteiger partial charge in [0.15, 0.2) is 0 Å². The summed E-state index contributed by atoms with van der Waals surface area (Å²) >= 11 is 0. The van der Waals surface area contributed by atoms with E-state index in [-0.39, 0.29) is 0 Å². The van der Waals surface area contributed by atoms with E-state index in [4.69, 9.17) is 5.73 Å². The van der Waals surface area contributed by atoms with E-state index in [2.05, 4.69) is 25.8 Å². The van der Waals surface area contributed by atoms with E-state index in [1.165, 1.54) is 38.6 Å². The number of hydrogen-bond donors (Lipinski definition) is 1. The van der Waals surface area contributed by atoms with Gasteiger partial charge in [-0.3, -0.25) is 0 Å². The Balaban J connectivity index is 1.87. The average molecular weight is 210 g/mol. The van der Waals surface area contributed by atoms with Crippen LogP contribution in [0.15, 0.2) is 0 Å². The second-order valence-corrected chi connectivity index (χ2v) is 6.50. The van der Waals surface area contributed by atoms with E-state index in [0.717, 1.165) is 12.0 Å². The molecule has 0 spiro atoms. The lowest BCUT2D eigenvalue weighted by Gasteiger charge is -2.40. The molecule has 2 atom stereocenters. The van der Waals surface area contributed by atoms with Crippen molar-refractivity contribution in [2.45, 2.75) is 58.0 Å². The Hall–Kier alpha value is -0.0800. The highest BCUT2D eigenvalue weighted by Crippen LogP contribution is 2.39. The highest BCUT2D eigenvalue weighted by Gasteiger charge is 2.35. The zero-order valence-corrected chi connectivity index (χ0v) is 10.5. The molecule has 2 aliphatic rings. The summed E-state index contributed by atoms with van der Waals surface area (Å²) in [6.45, 7) is 6.00. The van der Waals surface area contributed by atoms with Gasteiger partial charge in [-0.15, -0.1) is 0 Å². The maximum absolute atomic E-state index is 6.24. The van der Waals surface area contributed by atoms with Gasteiger partial charge in [-0.25, -0.2) is 0 Å². The van der Waals surface area contributed by atoms with E-state index in [1.54, 1.807) is 0 Å². The van der Waals surface area contributed by atoms with Crippen LogP contribution in [-0.2, 0) is 0 Å². The predicted molar refractivity (Wildman–Crippen MR) is 64.7 cm³/mol. The lowest BCUT2D eigenvalue weighted by Crippen LogP contribution is -2.44. The Morgan fingerprint density at radius 2 is 1.93 bits per heavy atom. The quantitative estimate of drug-likeness (QED) is 0.774. The van der Waals surface area contributed by atoms with Gasteiger partial charge in [-0.1, -0.05) is 13.8 Å². The molecule has 0 heterocycles. The fourth-order valence-corrected chi connectivity index (χ4v) is 2.99. The summed E-state index contributed by atoms with van der Waals surface area (Å²) in [4.78, 5) is 2.53. The Bertz CT molecular complexity index is 221. The van der Waals surface area contributed by atoms with E-state index in [1.807, 2.05) is 0 Å². The summed E-state index contributed by atoms with van der Waals surface area (Å²) in [5.41, 5.74) is 6.76. The van der Waals surface area contributed by atoms with Crippen LogP contribution in [0.25, 0.3) is 0 Å². The van der Waals surface area contributed by atoms with Crippen LogP contribution in [0.4, 0.5) is 0 Å². The van der Waals surface area contributed by atoms with E-state index in [9.17, 15) is 0 Å². The second kappa shape index (κ2) is 4.06. The van der Waals surface area contributed by atoms with Gasteiger partial charge < -0.3 is 10.6 Å². The number of nitrogens with zero attached hydrogens (tertiary/aromatic N) is 1. The zero-order valence-electron chi connectivity index (χ0n) is 10.5. The van der Waals surface area contributed by atoms with Crippen LogP contribution in [0.1, 0.15) is 46.0 Å². The first kappa shape index (κ1) is 11.4. The van der Waals surface area contributed by atoms with Gasteiger partial charge in [0.2, 0.25) is 0 Å². The third kappa shape index (κ3) is 2.94. The van der Waals surface area contributed by atoms with E-state index >= 15 is 0 Å². The van der Waals surface area contributed by atoms with Crippen LogP contribution in [0, 0.1) is 11.3 Å². The van der Waals surface area contributed by atoms with Gasteiger partial charge >= 0.3 is 0 Å². The summed E-state index contributed by atoms with van der Waals surface area (Å²) in [6, 6.07) is 1.32. The second-order valence-electron chi connectivity index (χ2n) is 6.50. The molecule has 15 heavy (non-hydrogen) atoms. The van der Waals surface area contributed by atoms with Crippen molar-refractivity contribution >= 4 is 0 Å². The van der Waals surface area contributed by atoms with Crippen LogP contribution in [0.5, 0.6) is 0 Å². The average Bonchev–Trinajstić information content (AvgIpc) is 2.94. The highest BCUT2D eigenvalue weighted by atomic mass is 15.2. The van der Waals surface area contributed by atoms with Crippen molar-refractivity contribution in [2.24, 2.45) is 17.1 Å². The van der Waals surface area contributed by atoms with Gasteiger partial charge in [0.1, 0.15) is 0 Å². The Kier molecular flexibility index (Phi) is 3.09. The Morgan fingerprint density at radius 1 is 1.27 bits per heavy atom. The molecular formula is C13H26N2. The molecule has 88 valence electrons. The fraction of sp³-hybridized carbons (Fsp3) is 1.00. The van der Waals surface area contributed by atoms with Crippen LogP contribution in [0.2, 0.25) is 0 Å². The van der Waals surface area contributed by atoms with Crippen molar-refractivity contribution in [3.63, 3.8) is 0 Å². The molecule has 2 aliphatic carbocycles. The minimum absolute atomic E-state index is 0.444. The largest absolute Gasteiger partial charge is 0.327 e. The third-order valence-electron chi connectivity index (χ3n) is 4.27. The highest BCUT2D eigenvalue weighted by molar-refractivity contribution is 4.91. The standard InChI is InChI=1S/C13H26N2/c1-13(2)7-6-12(14)10(8-13)9-15(3)11-4-5-11/h10-12H,4-9,14H2,1-3H3. The Labute approximate surface area is 94.2 Å². The van der Waals surface area contributed by atoms with Crippen molar-refractivity contribution in [1.82, 2.24) is 4.90 Å². The molecular weight excluding hydrogens is 184 g/mol. The van der Waals surface area contributed by atoms with Gasteiger partial charge in [0.05, 0.1) is 0 Å². The molecule has 0 radical (unpaired) electrons. The molecule has 2 nitrogen and oxygen atoms in total. The summed E-state index contributed by atoms with van der Waals surface area (Å²) in [7, 11) is 2.27. The lowest BCUT2D eigenvalue weighted by atomic mass is 9.70. The zero-order chi connectivity index (χ0) is 11.1. The molecule has 2 heteroatoms. The third-order valence-corrected chi connectivity index (χ3v) is 4.27. The topological polar surface area (TPSA) is 29.3 Å². The molecule has 0 bridgehead atoms. The van der Waals surface area contributed by atoms with E-state index < -0.39 is 0 Å². The molecule has 2 saturated carbocycles. The van der Waals surface area contributed by atoms with Gasteiger partial charge in [0.25, 0.3) is 0 Å². The molecule has 2 fully saturated rings. The van der Waals surface area contributed by atoms with Crippen LogP contribution in [-0.4, -0.2) is 30.6 Å². The van der Waals surface area contributed by atoms with Gasteiger partial charge in [-0.05, 0) is 50.5 Å². The van der Waals surface area contributed by atoms with Gasteiger partial charge in [0, 0.05) is 18.6 Å². The maximum Gasteiger partial charge on any atom is 0.00934 e. The SMILES string of the molecule is CN(CC1CC(C)(C)CCC1N)C1CC1. The minimum Gasteiger partial charge on any atom is -0.327 e. The maximum atomic E-state index is 6.24. The van der Waals surface area contributed by atoms with Crippen molar-refractivity contribution in [2.75, 3.05) is 13.6 Å². The molecule has 0 saturated heterocycles. The molecule has 0 aromatic heterocycles. The summed E-state index contributed by atoms with van der Waals surface area (Å²) in [5.74, 6) is 0.722. The van der Waals surface area contributed by atoms with Gasteiger partial charge in [-0.2, -0.15) is 0 Å². The number of hydrogen-bond acceptors (Lipinski definition) is 2. The number of nitrogens with two attached hydrogens (primary N) is 1. The molecule has 0 aromatic carbocycles. The van der Waals surface area contributed by atoms with Crippen molar-refractivity contribution in [3.05, 3.63) is 0 Å². The molecule has 2 unspecified atom stereocenters. The number of rotatable bonds is 3. The molecule has 0 aliphatic heterocycles. The summed E-state index contributed by atoms with van der Waals surface area (Å²) < 4.78 is 0. The monoisotopic (exact) mass is 210 g/mol. The minimum atomic E-state index is 0.444. The molecule has 2 rings (SSSR count). The normalized spacial score (nSPS) is 35.8. The Morgan fingerprint density at radius 3 is 2.53 bits per heavy atom. The van der Waals surface area contributed by atoms with Crippen molar-refractivity contribution < 1.29 is 0 Å². The van der Waals surface area contributed by atoms with Crippen molar-refractivity contribution in [3.8, 4) is 0 Å². The molecule has 2 N–H and O–H groups in total. The van der Waals surface area contributed by atoms with Crippen LogP contribution in [0.3, 0.4) is 0 Å². The first-order valence-corrected chi connectivity index (χ1v) is 6.44.